The van der Waals surface area contributed by atoms with E-state index in [1.807, 2.05) is 6.07 Å². The van der Waals surface area contributed by atoms with Gasteiger partial charge in [-0.1, -0.05) is 12.1 Å². The predicted molar refractivity (Wildman–Crippen MR) is 62.5 cm³/mol. The first kappa shape index (κ1) is 13.5. The summed E-state index contributed by atoms with van der Waals surface area (Å²) >= 11 is 0. The van der Waals surface area contributed by atoms with Crippen LogP contribution < -0.4 is 28.7 Å². The van der Waals surface area contributed by atoms with Gasteiger partial charge in [0.2, 0.25) is 0 Å². The molecule has 1 aromatic rings. The number of ether oxygens (including phenoxy) is 1. The van der Waals surface area contributed by atoms with Gasteiger partial charge < -0.3 is 28.7 Å². The van der Waals surface area contributed by atoms with Gasteiger partial charge in [0.15, 0.2) is 11.5 Å². The van der Waals surface area contributed by atoms with Crippen LogP contribution in [0.15, 0.2) is 18.2 Å². The van der Waals surface area contributed by atoms with Crippen molar-refractivity contribution in [3.63, 3.8) is 0 Å². The number of para-hydroxylation sites is 1. The molecule has 0 fully saturated rings. The van der Waals surface area contributed by atoms with Crippen LogP contribution in [0.25, 0.3) is 0 Å². The van der Waals surface area contributed by atoms with Crippen LogP contribution in [-0.4, -0.2) is 24.4 Å². The summed E-state index contributed by atoms with van der Waals surface area (Å²) < 4.78 is 7.64. The zero-order valence-electron chi connectivity index (χ0n) is 10.5. The molecule has 0 N–H and O–H groups in total. The standard InChI is InChI=1S/C13H18NO.HI/c1-9-13(2,3)10-7-6-8-11(15-5)12(10)14(9)4;/h6-8H,1-5H3;1H/q+1;/p-1. The van der Waals surface area contributed by atoms with E-state index in [1.165, 1.54) is 17.0 Å². The molecule has 0 bridgehead atoms. The molecule has 2 rings (SSSR count). The van der Waals surface area contributed by atoms with Gasteiger partial charge >= 0.3 is 0 Å². The number of hydrogen-bond acceptors (Lipinski definition) is 1. The van der Waals surface area contributed by atoms with Crippen LogP contribution >= 0.6 is 0 Å². The molecule has 1 aliphatic rings. The average Bonchev–Trinajstić information content (AvgIpc) is 2.41. The second-order valence-electron chi connectivity index (χ2n) is 4.63. The third-order valence-electron chi connectivity index (χ3n) is 3.64. The zero-order chi connectivity index (χ0) is 11.2. The molecule has 0 unspecified atom stereocenters. The summed E-state index contributed by atoms with van der Waals surface area (Å²) in [5.74, 6) is 0.958. The van der Waals surface area contributed by atoms with Gasteiger partial charge in [-0.15, -0.1) is 0 Å². The van der Waals surface area contributed by atoms with Gasteiger partial charge in [0.25, 0.3) is 5.69 Å². The number of halogens is 1. The van der Waals surface area contributed by atoms with E-state index in [2.05, 4.69) is 44.5 Å². The topological polar surface area (TPSA) is 12.2 Å². The highest BCUT2D eigenvalue weighted by Gasteiger charge is 2.43. The normalized spacial score (nSPS) is 16.8. The molecule has 0 saturated heterocycles. The third-order valence-corrected chi connectivity index (χ3v) is 3.64. The molecule has 0 amide bonds. The molecule has 0 radical (unpaired) electrons. The van der Waals surface area contributed by atoms with Gasteiger partial charge in [-0.05, 0) is 19.9 Å². The van der Waals surface area contributed by atoms with Gasteiger partial charge in [0.1, 0.15) is 7.05 Å². The number of rotatable bonds is 1. The molecule has 88 valence electrons. The molecule has 0 atom stereocenters. The second kappa shape index (κ2) is 4.35. The minimum Gasteiger partial charge on any atom is -1.00 e. The molecule has 0 aliphatic carbocycles. The number of hydrogen-bond donors (Lipinski definition) is 0. The van der Waals surface area contributed by atoms with E-state index in [-0.39, 0.29) is 29.4 Å². The maximum Gasteiger partial charge on any atom is 0.251 e. The van der Waals surface area contributed by atoms with Crippen molar-refractivity contribution in [2.75, 3.05) is 14.2 Å². The van der Waals surface area contributed by atoms with Crippen LogP contribution in [-0.2, 0) is 5.41 Å². The molecule has 0 aromatic heterocycles. The highest BCUT2D eigenvalue weighted by atomic mass is 127. The van der Waals surface area contributed by atoms with Crippen LogP contribution in [0.3, 0.4) is 0 Å². The van der Waals surface area contributed by atoms with Crippen molar-refractivity contribution in [3.05, 3.63) is 23.8 Å². The lowest BCUT2D eigenvalue weighted by molar-refractivity contribution is -0.403. The van der Waals surface area contributed by atoms with Gasteiger partial charge in [0, 0.05) is 12.5 Å². The van der Waals surface area contributed by atoms with E-state index in [0.29, 0.717) is 0 Å². The average molecular weight is 331 g/mol. The summed E-state index contributed by atoms with van der Waals surface area (Å²) in [4.78, 5) is 0. The second-order valence-corrected chi connectivity index (χ2v) is 4.63. The Labute approximate surface area is 114 Å². The van der Waals surface area contributed by atoms with Gasteiger partial charge in [-0.25, -0.2) is 0 Å². The summed E-state index contributed by atoms with van der Waals surface area (Å²) in [6, 6.07) is 6.26. The maximum absolute atomic E-state index is 5.41. The van der Waals surface area contributed by atoms with Crippen LogP contribution in [0.1, 0.15) is 26.3 Å². The molecule has 0 spiro atoms. The van der Waals surface area contributed by atoms with Crippen LogP contribution in [0.2, 0.25) is 0 Å². The Hall–Kier alpha value is -0.580. The molecule has 1 aromatic carbocycles. The highest BCUT2D eigenvalue weighted by molar-refractivity contribution is 5.94. The Morgan fingerprint density at radius 1 is 1.25 bits per heavy atom. The Morgan fingerprint density at radius 2 is 1.88 bits per heavy atom. The smallest absolute Gasteiger partial charge is 0.251 e. The number of benzene rings is 1. The minimum atomic E-state index is 0. The lowest BCUT2D eigenvalue weighted by Gasteiger charge is -2.14. The fourth-order valence-electron chi connectivity index (χ4n) is 2.32. The quantitative estimate of drug-likeness (QED) is 0.510. The summed E-state index contributed by atoms with van der Waals surface area (Å²) in [6.07, 6.45) is 0. The predicted octanol–water partition coefficient (Wildman–Crippen LogP) is -0.275. The first-order chi connectivity index (χ1) is 7.00. The van der Waals surface area contributed by atoms with E-state index >= 15 is 0 Å². The SMILES string of the molecule is COc1cccc2c1[N+](C)=C(C)C2(C)C.[I-]. The van der Waals surface area contributed by atoms with Crippen molar-refractivity contribution in [1.29, 1.82) is 0 Å². The maximum atomic E-state index is 5.41. The lowest BCUT2D eigenvalue weighted by atomic mass is 9.82. The third kappa shape index (κ3) is 1.65. The summed E-state index contributed by atoms with van der Waals surface area (Å²) in [6.45, 7) is 6.69. The first-order valence-corrected chi connectivity index (χ1v) is 5.25. The van der Waals surface area contributed by atoms with E-state index in [0.717, 1.165) is 5.75 Å². The molecular weight excluding hydrogens is 313 g/mol. The molecule has 0 saturated carbocycles. The fraction of sp³-hybridized carbons (Fsp3) is 0.462. The lowest BCUT2D eigenvalue weighted by Crippen LogP contribution is -3.00. The molecular formula is C13H18INO. The van der Waals surface area contributed by atoms with Gasteiger partial charge in [-0.2, -0.15) is 4.58 Å². The van der Waals surface area contributed by atoms with E-state index in [4.69, 9.17) is 4.74 Å². The molecule has 2 nitrogen and oxygen atoms in total. The van der Waals surface area contributed by atoms with Crippen molar-refractivity contribution < 1.29 is 33.3 Å². The number of fused-ring (bicyclic) bond motifs is 1. The van der Waals surface area contributed by atoms with Crippen molar-refractivity contribution in [2.24, 2.45) is 0 Å². The van der Waals surface area contributed by atoms with Crippen molar-refractivity contribution >= 4 is 11.4 Å². The minimum absolute atomic E-state index is 0. The Balaban J connectivity index is 0.00000128. The Bertz CT molecular complexity index is 449. The van der Waals surface area contributed by atoms with E-state index in [9.17, 15) is 0 Å². The number of nitrogens with zero attached hydrogens (tertiary/aromatic N) is 1. The van der Waals surface area contributed by atoms with Crippen molar-refractivity contribution in [2.45, 2.75) is 26.2 Å². The molecule has 3 heteroatoms. The van der Waals surface area contributed by atoms with Crippen LogP contribution in [0, 0.1) is 0 Å². The Kier molecular flexibility index (Phi) is 3.67. The van der Waals surface area contributed by atoms with Crippen molar-refractivity contribution in [1.82, 2.24) is 0 Å². The summed E-state index contributed by atoms with van der Waals surface area (Å²) in [7, 11) is 3.83. The summed E-state index contributed by atoms with van der Waals surface area (Å²) in [5, 5.41) is 0. The molecule has 1 heterocycles. The van der Waals surface area contributed by atoms with E-state index < -0.39 is 0 Å². The zero-order valence-corrected chi connectivity index (χ0v) is 12.6. The van der Waals surface area contributed by atoms with Crippen molar-refractivity contribution in [3.8, 4) is 5.75 Å². The largest absolute Gasteiger partial charge is 1.00 e. The fourth-order valence-corrected chi connectivity index (χ4v) is 2.32. The molecule has 16 heavy (non-hydrogen) atoms. The first-order valence-electron chi connectivity index (χ1n) is 5.25. The molecule has 1 aliphatic heterocycles. The van der Waals surface area contributed by atoms with E-state index in [1.54, 1.807) is 7.11 Å². The number of methoxy groups -OCH3 is 1. The monoisotopic (exact) mass is 331 g/mol. The van der Waals surface area contributed by atoms with Crippen LogP contribution in [0.4, 0.5) is 5.69 Å². The van der Waals surface area contributed by atoms with Gasteiger partial charge in [-0.3, -0.25) is 0 Å². The van der Waals surface area contributed by atoms with Gasteiger partial charge in [0.05, 0.1) is 12.5 Å². The van der Waals surface area contributed by atoms with Crippen LogP contribution in [0.5, 0.6) is 5.75 Å². The highest BCUT2D eigenvalue weighted by Crippen LogP contribution is 2.43. The summed E-state index contributed by atoms with van der Waals surface area (Å²) in [5.41, 5.74) is 4.03. The Morgan fingerprint density at radius 3 is 2.44 bits per heavy atom.